The van der Waals surface area contributed by atoms with Gasteiger partial charge in [0, 0.05) is 17.4 Å². The van der Waals surface area contributed by atoms with Crippen LogP contribution in [0.25, 0.3) is 0 Å². The summed E-state index contributed by atoms with van der Waals surface area (Å²) in [4.78, 5) is 22.1. The number of halogens is 4. The Balaban J connectivity index is 2.66. The summed E-state index contributed by atoms with van der Waals surface area (Å²) in [6.07, 6.45) is -2.82. The molecule has 0 fully saturated rings. The molecule has 1 aliphatic rings. The van der Waals surface area contributed by atoms with E-state index in [1.165, 1.54) is 26.4 Å². The zero-order valence-electron chi connectivity index (χ0n) is 15.3. The molecule has 0 bridgehead atoms. The lowest BCUT2D eigenvalue weighted by atomic mass is 9.72. The second kappa shape index (κ2) is 8.46. The quantitative estimate of drug-likeness (QED) is 0.390. The summed E-state index contributed by atoms with van der Waals surface area (Å²) in [6.45, 7) is 3.60. The van der Waals surface area contributed by atoms with Crippen molar-refractivity contribution >= 4 is 17.6 Å². The summed E-state index contributed by atoms with van der Waals surface area (Å²) >= 11 is 5.74. The number of alkyl halides is 3. The first kappa shape index (κ1) is 21.5. The summed E-state index contributed by atoms with van der Waals surface area (Å²) in [7, 11) is 2.57. The van der Waals surface area contributed by atoms with Gasteiger partial charge in [0.25, 0.3) is 0 Å². The van der Waals surface area contributed by atoms with Crippen LogP contribution in [0.15, 0.2) is 41.0 Å². The Labute approximate surface area is 160 Å². The predicted octanol–water partition coefficient (Wildman–Crippen LogP) is 5.09. The maximum Gasteiger partial charge on any atom is 0.417 e. The number of allylic oxidation sites excluding steroid dienone is 2. The number of hydrogen-bond donors (Lipinski definition) is 0. The molecule has 0 spiro atoms. The maximum atomic E-state index is 13.3. The van der Waals surface area contributed by atoms with Gasteiger partial charge < -0.3 is 4.74 Å². The normalized spacial score (nSPS) is 20.5. The zero-order valence-corrected chi connectivity index (χ0v) is 16.1. The van der Waals surface area contributed by atoms with Crippen molar-refractivity contribution in [3.05, 3.63) is 57.1 Å². The van der Waals surface area contributed by atoms with Crippen molar-refractivity contribution in [2.24, 2.45) is 5.92 Å². The molecule has 27 heavy (non-hydrogen) atoms. The Hall–Kier alpha value is -1.83. The molecule has 8 heteroatoms. The second-order valence-corrected chi connectivity index (χ2v) is 6.66. The first-order chi connectivity index (χ1) is 12.6. The minimum absolute atomic E-state index is 0.0568. The molecule has 0 N–H and O–H groups in total. The number of carbonyl (C=O) groups excluding carboxylic acids is 1. The minimum Gasteiger partial charge on any atom is -0.466 e. The molecule has 0 radical (unpaired) electrons. The van der Waals surface area contributed by atoms with E-state index >= 15 is 0 Å². The third kappa shape index (κ3) is 4.54. The van der Waals surface area contributed by atoms with Crippen LogP contribution in [0.3, 0.4) is 0 Å². The number of rotatable bonds is 5. The van der Waals surface area contributed by atoms with Gasteiger partial charge in [-0.25, -0.2) is 14.6 Å². The van der Waals surface area contributed by atoms with E-state index in [4.69, 9.17) is 21.2 Å². The fourth-order valence-corrected chi connectivity index (χ4v) is 3.58. The van der Waals surface area contributed by atoms with E-state index in [9.17, 15) is 18.0 Å². The fourth-order valence-electron chi connectivity index (χ4n) is 3.36. The number of ether oxygens (including phenoxy) is 1. The lowest BCUT2D eigenvalue weighted by molar-refractivity contribution is -0.278. The highest BCUT2D eigenvalue weighted by atomic mass is 35.5. The van der Waals surface area contributed by atoms with E-state index in [0.29, 0.717) is 11.1 Å². The molecule has 2 rings (SSSR count). The lowest BCUT2D eigenvalue weighted by Gasteiger charge is -2.33. The van der Waals surface area contributed by atoms with Gasteiger partial charge in [0.15, 0.2) is 0 Å². The fraction of sp³-hybridized carbons (Fsp3) is 0.421. The molecule has 148 valence electrons. The lowest BCUT2D eigenvalue weighted by Crippen LogP contribution is -2.29. The molecule has 4 nitrogen and oxygen atoms in total. The smallest absolute Gasteiger partial charge is 0.417 e. The van der Waals surface area contributed by atoms with Gasteiger partial charge in [-0.2, -0.15) is 13.2 Å². The molecule has 1 aliphatic carbocycles. The third-order valence-electron chi connectivity index (χ3n) is 4.59. The van der Waals surface area contributed by atoms with Gasteiger partial charge in [0.05, 0.1) is 31.4 Å². The second-order valence-electron chi connectivity index (χ2n) is 6.25. The number of hydrogen-bond acceptors (Lipinski definition) is 4. The number of carbonyl (C=O) groups is 1. The summed E-state index contributed by atoms with van der Waals surface area (Å²) in [5, 5.41) is -0.403. The average molecular weight is 405 g/mol. The van der Waals surface area contributed by atoms with Crippen LogP contribution in [-0.4, -0.2) is 26.8 Å². The van der Waals surface area contributed by atoms with Crippen LogP contribution in [0.2, 0.25) is 5.02 Å². The monoisotopic (exact) mass is 404 g/mol. The predicted molar refractivity (Wildman–Crippen MR) is 94.1 cm³/mol. The average Bonchev–Trinajstić information content (AvgIpc) is 2.59. The van der Waals surface area contributed by atoms with Crippen molar-refractivity contribution in [1.29, 1.82) is 0 Å². The molecule has 2 unspecified atom stereocenters. The summed E-state index contributed by atoms with van der Waals surface area (Å²) in [5.41, 5.74) is 1.10. The summed E-state index contributed by atoms with van der Waals surface area (Å²) < 4.78 is 44.9. The van der Waals surface area contributed by atoms with Crippen molar-refractivity contribution in [3.63, 3.8) is 0 Å². The van der Waals surface area contributed by atoms with Crippen molar-refractivity contribution in [1.82, 2.24) is 0 Å². The van der Waals surface area contributed by atoms with Gasteiger partial charge in [0.2, 0.25) is 0 Å². The van der Waals surface area contributed by atoms with Gasteiger partial charge >= 0.3 is 12.1 Å². The van der Waals surface area contributed by atoms with Gasteiger partial charge in [-0.15, -0.1) is 0 Å². The standard InChI is InChI=1S/C19H20ClF3O4/c1-10-7-11(2)16(18(24)25-3)17(13(10)9-27-26-4)12-5-6-15(20)14(8-12)19(21,22)23/h5-8,13,17H,9H2,1-4H3. The third-order valence-corrected chi connectivity index (χ3v) is 4.92. The largest absolute Gasteiger partial charge is 0.466 e. The van der Waals surface area contributed by atoms with E-state index in [1.54, 1.807) is 13.0 Å². The van der Waals surface area contributed by atoms with Crippen LogP contribution >= 0.6 is 11.6 Å². The van der Waals surface area contributed by atoms with Gasteiger partial charge in [-0.05, 0) is 37.1 Å². The maximum absolute atomic E-state index is 13.3. The highest BCUT2D eigenvalue weighted by Crippen LogP contribution is 2.45. The van der Waals surface area contributed by atoms with Crippen LogP contribution in [0.4, 0.5) is 13.2 Å². The van der Waals surface area contributed by atoms with E-state index in [-0.39, 0.29) is 12.2 Å². The minimum atomic E-state index is -4.62. The summed E-state index contributed by atoms with van der Waals surface area (Å²) in [6, 6.07) is 3.64. The molecule has 0 amide bonds. The van der Waals surface area contributed by atoms with Crippen LogP contribution in [0, 0.1) is 5.92 Å². The Morgan fingerprint density at radius 3 is 2.44 bits per heavy atom. The molecular weight excluding hydrogens is 385 g/mol. The van der Waals surface area contributed by atoms with Crippen molar-refractivity contribution in [2.75, 3.05) is 20.8 Å². The molecule has 0 aromatic heterocycles. The highest BCUT2D eigenvalue weighted by Gasteiger charge is 2.39. The van der Waals surface area contributed by atoms with E-state index in [2.05, 4.69) is 4.89 Å². The Kier molecular flexibility index (Phi) is 6.72. The van der Waals surface area contributed by atoms with Crippen molar-refractivity contribution in [3.8, 4) is 0 Å². The molecule has 0 heterocycles. The van der Waals surface area contributed by atoms with Crippen LogP contribution in [0.5, 0.6) is 0 Å². The SMILES string of the molecule is COOCC1C(C)=CC(C)=C(C(=O)OC)C1c1ccc(Cl)c(C(F)(F)F)c1. The number of benzene rings is 1. The molecule has 0 aliphatic heterocycles. The first-order valence-corrected chi connectivity index (χ1v) is 8.49. The molecule has 0 saturated heterocycles. The molecule has 1 aromatic carbocycles. The Morgan fingerprint density at radius 2 is 1.89 bits per heavy atom. The molecule has 1 aromatic rings. The van der Waals surface area contributed by atoms with E-state index < -0.39 is 34.6 Å². The topological polar surface area (TPSA) is 44.8 Å². The first-order valence-electron chi connectivity index (χ1n) is 8.11. The van der Waals surface area contributed by atoms with Crippen LogP contribution in [0.1, 0.15) is 30.9 Å². The van der Waals surface area contributed by atoms with Crippen LogP contribution in [-0.2, 0) is 25.5 Å². The zero-order chi connectivity index (χ0) is 20.4. The van der Waals surface area contributed by atoms with Gasteiger partial charge in [-0.1, -0.05) is 29.3 Å². The number of methoxy groups -OCH3 is 1. The molecule has 2 atom stereocenters. The number of esters is 1. The Bertz CT molecular complexity index is 784. The van der Waals surface area contributed by atoms with Gasteiger partial charge in [0.1, 0.15) is 0 Å². The summed E-state index contributed by atoms with van der Waals surface area (Å²) in [5.74, 6) is -1.71. The molecule has 0 saturated carbocycles. The van der Waals surface area contributed by atoms with Crippen molar-refractivity contribution in [2.45, 2.75) is 25.9 Å². The van der Waals surface area contributed by atoms with Gasteiger partial charge in [-0.3, -0.25) is 0 Å². The van der Waals surface area contributed by atoms with Crippen LogP contribution < -0.4 is 0 Å². The van der Waals surface area contributed by atoms with Crippen molar-refractivity contribution < 1.29 is 32.5 Å². The highest BCUT2D eigenvalue weighted by molar-refractivity contribution is 6.31. The van der Waals surface area contributed by atoms with E-state index in [0.717, 1.165) is 11.6 Å². The van der Waals surface area contributed by atoms with E-state index in [1.807, 2.05) is 6.92 Å². The Morgan fingerprint density at radius 1 is 1.22 bits per heavy atom. The molecular formula is C19H20ClF3O4.